The Morgan fingerprint density at radius 3 is 2.70 bits per heavy atom. The van der Waals surface area contributed by atoms with Gasteiger partial charge in [-0.05, 0) is 37.5 Å². The highest BCUT2D eigenvalue weighted by molar-refractivity contribution is 5.88. The van der Waals surface area contributed by atoms with Gasteiger partial charge in [-0.25, -0.2) is 4.79 Å². The number of aliphatic hydroxyl groups is 1. The van der Waals surface area contributed by atoms with Gasteiger partial charge in [-0.2, -0.15) is 5.26 Å². The van der Waals surface area contributed by atoms with E-state index < -0.39 is 17.0 Å². The molecule has 1 aromatic carbocycles. The van der Waals surface area contributed by atoms with Gasteiger partial charge in [-0.1, -0.05) is 30.7 Å². The molecule has 0 spiro atoms. The quantitative estimate of drug-likeness (QED) is 0.882. The molecule has 1 aliphatic carbocycles. The van der Waals surface area contributed by atoms with Crippen LogP contribution in [0.25, 0.3) is 6.08 Å². The van der Waals surface area contributed by atoms with E-state index in [1.807, 2.05) is 0 Å². The van der Waals surface area contributed by atoms with Crippen molar-refractivity contribution >= 4 is 12.0 Å². The number of hydrogen-bond donors (Lipinski definition) is 2. The molecule has 2 N–H and O–H groups in total. The summed E-state index contributed by atoms with van der Waals surface area (Å²) in [7, 11) is 0. The zero-order valence-electron chi connectivity index (χ0n) is 11.3. The number of nitriles is 1. The van der Waals surface area contributed by atoms with E-state index in [0.717, 1.165) is 6.42 Å². The molecule has 1 aliphatic rings. The molecule has 104 valence electrons. The first-order valence-corrected chi connectivity index (χ1v) is 6.56. The van der Waals surface area contributed by atoms with Gasteiger partial charge in [0.1, 0.15) is 0 Å². The first-order chi connectivity index (χ1) is 9.40. The van der Waals surface area contributed by atoms with Crippen LogP contribution in [0.3, 0.4) is 0 Å². The van der Waals surface area contributed by atoms with Crippen molar-refractivity contribution in [2.75, 3.05) is 0 Å². The largest absolute Gasteiger partial charge is 0.478 e. The average Bonchev–Trinajstić information content (AvgIpc) is 2.36. The molecule has 0 amide bonds. The minimum absolute atomic E-state index is 0.199. The highest BCUT2D eigenvalue weighted by Crippen LogP contribution is 2.49. The van der Waals surface area contributed by atoms with Crippen molar-refractivity contribution in [1.29, 1.82) is 5.26 Å². The normalized spacial score (nSPS) is 19.9. The van der Waals surface area contributed by atoms with Crippen molar-refractivity contribution in [1.82, 2.24) is 0 Å². The molecule has 0 heterocycles. The molecule has 0 unspecified atom stereocenters. The van der Waals surface area contributed by atoms with Crippen LogP contribution in [0.4, 0.5) is 0 Å². The summed E-state index contributed by atoms with van der Waals surface area (Å²) in [6.45, 7) is 1.63. The highest BCUT2D eigenvalue weighted by atomic mass is 16.4. The van der Waals surface area contributed by atoms with Crippen molar-refractivity contribution in [2.24, 2.45) is 5.41 Å². The van der Waals surface area contributed by atoms with Gasteiger partial charge < -0.3 is 10.2 Å². The summed E-state index contributed by atoms with van der Waals surface area (Å²) in [5, 5.41) is 28.7. The highest BCUT2D eigenvalue weighted by Gasteiger charge is 2.50. The minimum Gasteiger partial charge on any atom is -0.478 e. The van der Waals surface area contributed by atoms with Gasteiger partial charge >= 0.3 is 5.97 Å². The molecule has 1 saturated carbocycles. The summed E-state index contributed by atoms with van der Waals surface area (Å²) in [5.41, 5.74) is -1.03. The van der Waals surface area contributed by atoms with E-state index in [2.05, 4.69) is 6.07 Å². The van der Waals surface area contributed by atoms with E-state index in [9.17, 15) is 15.2 Å². The Hall–Kier alpha value is -2.12. The first kappa shape index (κ1) is 14.3. The van der Waals surface area contributed by atoms with Crippen LogP contribution in [0.5, 0.6) is 0 Å². The number of rotatable bonds is 4. The second-order valence-electron chi connectivity index (χ2n) is 5.46. The number of hydrogen-bond acceptors (Lipinski definition) is 3. The third-order valence-electron chi connectivity index (χ3n) is 4.12. The van der Waals surface area contributed by atoms with Crippen LogP contribution in [0.2, 0.25) is 0 Å². The SMILES string of the molecule is C[C@](O)(/C=C/c1cccc(C(=O)O)c1)C1(C#N)CCC1. The fourth-order valence-electron chi connectivity index (χ4n) is 2.45. The van der Waals surface area contributed by atoms with Crippen LogP contribution in [-0.4, -0.2) is 21.8 Å². The van der Waals surface area contributed by atoms with Crippen molar-refractivity contribution in [3.05, 3.63) is 41.5 Å². The van der Waals surface area contributed by atoms with E-state index in [0.29, 0.717) is 18.4 Å². The molecule has 1 aromatic rings. The summed E-state index contributed by atoms with van der Waals surface area (Å²) in [6, 6.07) is 8.69. The zero-order chi connectivity index (χ0) is 14.8. The fraction of sp³-hybridized carbons (Fsp3) is 0.375. The van der Waals surface area contributed by atoms with Crippen molar-refractivity contribution in [2.45, 2.75) is 31.8 Å². The standard InChI is InChI=1S/C16H17NO3/c1-15(20,16(11-17)7-3-8-16)9-6-12-4-2-5-13(10-12)14(18)19/h2,4-6,9-10,20H,3,7-8H2,1H3,(H,18,19)/b9-6+/t15-/m0/s1. The third kappa shape index (κ3) is 2.45. The molecule has 0 aromatic heterocycles. The smallest absolute Gasteiger partial charge is 0.335 e. The summed E-state index contributed by atoms with van der Waals surface area (Å²) in [4.78, 5) is 10.9. The predicted octanol–water partition coefficient (Wildman–Crippen LogP) is 2.84. The first-order valence-electron chi connectivity index (χ1n) is 6.56. The lowest BCUT2D eigenvalue weighted by atomic mass is 9.60. The molecule has 0 aliphatic heterocycles. The molecule has 0 saturated heterocycles. The van der Waals surface area contributed by atoms with Gasteiger partial charge in [-0.3, -0.25) is 0 Å². The third-order valence-corrected chi connectivity index (χ3v) is 4.12. The van der Waals surface area contributed by atoms with Crippen LogP contribution in [0.15, 0.2) is 30.3 Å². The van der Waals surface area contributed by atoms with Crippen LogP contribution in [-0.2, 0) is 0 Å². The van der Waals surface area contributed by atoms with Crippen LogP contribution in [0, 0.1) is 16.7 Å². The molecular weight excluding hydrogens is 254 g/mol. The number of carboxylic acids is 1. The Morgan fingerprint density at radius 2 is 2.20 bits per heavy atom. The molecular formula is C16H17NO3. The van der Waals surface area contributed by atoms with E-state index in [-0.39, 0.29) is 5.56 Å². The number of nitrogens with zero attached hydrogens (tertiary/aromatic N) is 1. The second kappa shape index (κ2) is 5.10. The summed E-state index contributed by atoms with van der Waals surface area (Å²) < 4.78 is 0. The molecule has 1 fully saturated rings. The maximum atomic E-state index is 10.9. The minimum atomic E-state index is -1.21. The van der Waals surface area contributed by atoms with Crippen LogP contribution >= 0.6 is 0 Å². The van der Waals surface area contributed by atoms with Gasteiger partial charge in [0.05, 0.1) is 22.6 Å². The molecule has 20 heavy (non-hydrogen) atoms. The second-order valence-corrected chi connectivity index (χ2v) is 5.46. The number of benzene rings is 1. The predicted molar refractivity (Wildman–Crippen MR) is 75.0 cm³/mol. The van der Waals surface area contributed by atoms with Gasteiger partial charge in [0.2, 0.25) is 0 Å². The Bertz CT molecular complexity index is 592. The average molecular weight is 271 g/mol. The monoisotopic (exact) mass is 271 g/mol. The van der Waals surface area contributed by atoms with E-state index >= 15 is 0 Å². The zero-order valence-corrected chi connectivity index (χ0v) is 11.3. The topological polar surface area (TPSA) is 81.3 Å². The van der Waals surface area contributed by atoms with E-state index in [4.69, 9.17) is 5.11 Å². The summed E-state index contributed by atoms with van der Waals surface area (Å²) >= 11 is 0. The molecule has 0 radical (unpaired) electrons. The van der Waals surface area contributed by atoms with Crippen molar-refractivity contribution < 1.29 is 15.0 Å². The lowest BCUT2D eigenvalue weighted by molar-refractivity contribution is -0.0408. The van der Waals surface area contributed by atoms with Gasteiger partial charge in [0.25, 0.3) is 0 Å². The summed E-state index contributed by atoms with van der Waals surface area (Å²) in [5.74, 6) is -0.987. The molecule has 4 nitrogen and oxygen atoms in total. The lowest BCUT2D eigenvalue weighted by Crippen LogP contribution is -2.48. The van der Waals surface area contributed by atoms with Gasteiger partial charge in [0, 0.05) is 0 Å². The lowest BCUT2D eigenvalue weighted by Gasteiger charge is -2.45. The van der Waals surface area contributed by atoms with Crippen LogP contribution < -0.4 is 0 Å². The Balaban J connectivity index is 2.23. The van der Waals surface area contributed by atoms with E-state index in [1.54, 1.807) is 31.2 Å². The number of aromatic carboxylic acids is 1. The fourth-order valence-corrected chi connectivity index (χ4v) is 2.45. The van der Waals surface area contributed by atoms with Gasteiger partial charge in [-0.15, -0.1) is 0 Å². The maximum absolute atomic E-state index is 10.9. The number of carboxylic acid groups (broad SMARTS) is 1. The molecule has 4 heteroatoms. The van der Waals surface area contributed by atoms with Crippen LogP contribution in [0.1, 0.15) is 42.1 Å². The molecule has 2 rings (SSSR count). The van der Waals surface area contributed by atoms with Gasteiger partial charge in [0.15, 0.2) is 0 Å². The summed E-state index contributed by atoms with van der Waals surface area (Å²) in [6.07, 6.45) is 5.60. The maximum Gasteiger partial charge on any atom is 0.335 e. The Morgan fingerprint density at radius 1 is 1.50 bits per heavy atom. The Kier molecular flexibility index (Phi) is 3.65. The Labute approximate surface area is 118 Å². The van der Waals surface area contributed by atoms with Crippen molar-refractivity contribution in [3.63, 3.8) is 0 Å². The molecule has 1 atom stereocenters. The number of carbonyl (C=O) groups is 1. The molecule has 0 bridgehead atoms. The van der Waals surface area contributed by atoms with E-state index in [1.165, 1.54) is 12.1 Å². The van der Waals surface area contributed by atoms with Crippen molar-refractivity contribution in [3.8, 4) is 6.07 Å².